The quantitative estimate of drug-likeness (QED) is 0.694. The topological polar surface area (TPSA) is 57.5 Å². The highest BCUT2D eigenvalue weighted by molar-refractivity contribution is 6.02. The molecule has 3 fully saturated rings. The summed E-state index contributed by atoms with van der Waals surface area (Å²) in [6.45, 7) is 4.46. The molecule has 0 bridgehead atoms. The molecule has 0 unspecified atom stereocenters. The average molecular weight is 302 g/mol. The molecular weight excluding hydrogens is 276 g/mol. The Hall–Kier alpha value is -1.25. The molecule has 0 amide bonds. The first-order valence-electron chi connectivity index (χ1n) is 8.76. The van der Waals surface area contributed by atoms with Crippen LogP contribution in [0.25, 0.3) is 0 Å². The minimum absolute atomic E-state index is 0.238. The van der Waals surface area contributed by atoms with Gasteiger partial charge in [0.1, 0.15) is 0 Å². The maximum Gasteiger partial charge on any atom is 0.211 e. The molecule has 0 saturated heterocycles. The van der Waals surface area contributed by atoms with Gasteiger partial charge in [-0.2, -0.15) is 0 Å². The molecule has 4 rings (SSSR count). The zero-order valence-corrected chi connectivity index (χ0v) is 13.6. The van der Waals surface area contributed by atoms with Crippen molar-refractivity contribution in [2.75, 3.05) is 0 Å². The van der Waals surface area contributed by atoms with E-state index in [1.54, 1.807) is 6.08 Å². The third-order valence-electron chi connectivity index (χ3n) is 7.61. The highest BCUT2D eigenvalue weighted by atomic mass is 16.3. The van der Waals surface area contributed by atoms with Crippen molar-refractivity contribution in [3.8, 4) is 0 Å². The molecule has 3 saturated carbocycles. The summed E-state index contributed by atoms with van der Waals surface area (Å²) in [5.74, 6) is 0.744. The van der Waals surface area contributed by atoms with Crippen LogP contribution in [0.3, 0.4) is 0 Å². The summed E-state index contributed by atoms with van der Waals surface area (Å²) in [4.78, 5) is 12.8. The summed E-state index contributed by atoms with van der Waals surface area (Å²) in [7, 11) is 0. The Bertz CT molecular complexity index is 602. The van der Waals surface area contributed by atoms with E-state index in [2.05, 4.69) is 6.92 Å². The Morgan fingerprint density at radius 3 is 2.64 bits per heavy atom. The smallest absolute Gasteiger partial charge is 0.211 e. The van der Waals surface area contributed by atoms with E-state index in [1.165, 1.54) is 25.7 Å². The van der Waals surface area contributed by atoms with Gasteiger partial charge in [0.15, 0.2) is 5.76 Å². The lowest BCUT2D eigenvalue weighted by atomic mass is 9.47. The number of rotatable bonds is 0. The largest absolute Gasteiger partial charge is 0.504 e. The molecule has 0 aliphatic heterocycles. The van der Waals surface area contributed by atoms with Gasteiger partial charge < -0.3 is 10.2 Å². The zero-order valence-electron chi connectivity index (χ0n) is 13.6. The third-order valence-corrected chi connectivity index (χ3v) is 7.61. The number of ketones is 1. The fourth-order valence-electron chi connectivity index (χ4n) is 6.35. The van der Waals surface area contributed by atoms with Gasteiger partial charge in [0.25, 0.3) is 0 Å². The van der Waals surface area contributed by atoms with Crippen molar-refractivity contribution in [3.05, 3.63) is 23.2 Å². The van der Waals surface area contributed by atoms with E-state index in [9.17, 15) is 15.0 Å². The minimum Gasteiger partial charge on any atom is -0.504 e. The lowest BCUT2D eigenvalue weighted by molar-refractivity contribution is -0.135. The van der Waals surface area contributed by atoms with Crippen molar-refractivity contribution < 1.29 is 15.0 Å². The van der Waals surface area contributed by atoms with Gasteiger partial charge in [-0.3, -0.25) is 4.79 Å². The Balaban J connectivity index is 1.76. The van der Waals surface area contributed by atoms with E-state index >= 15 is 0 Å². The molecule has 0 aromatic carbocycles. The van der Waals surface area contributed by atoms with Gasteiger partial charge >= 0.3 is 0 Å². The molecule has 0 spiro atoms. The van der Waals surface area contributed by atoms with E-state index < -0.39 is 11.2 Å². The number of aliphatic hydroxyl groups excluding tert-OH is 2. The second-order valence-electron chi connectivity index (χ2n) is 8.44. The molecule has 0 radical (unpaired) electrons. The predicted octanol–water partition coefficient (Wildman–Crippen LogP) is 4.46. The van der Waals surface area contributed by atoms with Crippen LogP contribution in [-0.2, 0) is 4.79 Å². The third kappa shape index (κ3) is 1.60. The number of carbonyl (C=O) groups excluding carboxylic acids is 1. The maximum atomic E-state index is 12.8. The number of hydrogen-bond acceptors (Lipinski definition) is 3. The second kappa shape index (κ2) is 4.39. The van der Waals surface area contributed by atoms with Crippen LogP contribution in [0, 0.1) is 28.6 Å². The Morgan fingerprint density at radius 1 is 1.09 bits per heavy atom. The summed E-state index contributed by atoms with van der Waals surface area (Å²) >= 11 is 0. The van der Waals surface area contributed by atoms with Gasteiger partial charge in [0, 0.05) is 0 Å². The van der Waals surface area contributed by atoms with Crippen molar-refractivity contribution in [3.63, 3.8) is 0 Å². The van der Waals surface area contributed by atoms with Crippen LogP contribution in [0.2, 0.25) is 0 Å². The molecular formula is C19H26O3. The molecule has 4 aliphatic rings. The van der Waals surface area contributed by atoms with E-state index in [-0.39, 0.29) is 11.5 Å². The molecule has 120 valence electrons. The van der Waals surface area contributed by atoms with Gasteiger partial charge in [-0.1, -0.05) is 18.9 Å². The summed E-state index contributed by atoms with van der Waals surface area (Å²) in [5.41, 5.74) is 0.912. The highest BCUT2D eigenvalue weighted by Crippen LogP contribution is 2.64. The molecule has 0 aromatic rings. The Morgan fingerprint density at radius 2 is 1.86 bits per heavy atom. The number of carbonyl (C=O) groups is 1. The first kappa shape index (κ1) is 14.3. The minimum atomic E-state index is -0.594. The Kier molecular flexibility index (Phi) is 2.87. The summed E-state index contributed by atoms with van der Waals surface area (Å²) in [5, 5.41) is 19.8. The molecule has 0 heterocycles. The van der Waals surface area contributed by atoms with Crippen molar-refractivity contribution >= 4 is 5.78 Å². The monoisotopic (exact) mass is 302 g/mol. The summed E-state index contributed by atoms with van der Waals surface area (Å²) < 4.78 is 0. The number of hydrogen-bond donors (Lipinski definition) is 2. The van der Waals surface area contributed by atoms with Crippen molar-refractivity contribution in [2.45, 2.75) is 58.8 Å². The van der Waals surface area contributed by atoms with Crippen LogP contribution in [0.4, 0.5) is 0 Å². The lowest BCUT2D eigenvalue weighted by Gasteiger charge is -2.56. The molecule has 22 heavy (non-hydrogen) atoms. The molecule has 2 N–H and O–H groups in total. The average Bonchev–Trinajstić information content (AvgIpc) is 2.89. The van der Waals surface area contributed by atoms with Crippen LogP contribution >= 0.6 is 0 Å². The van der Waals surface area contributed by atoms with E-state index in [1.807, 2.05) is 6.92 Å². The zero-order chi connectivity index (χ0) is 15.7. The summed E-state index contributed by atoms with van der Waals surface area (Å²) in [6, 6.07) is 0. The predicted molar refractivity (Wildman–Crippen MR) is 84.4 cm³/mol. The van der Waals surface area contributed by atoms with Crippen LogP contribution in [0.5, 0.6) is 0 Å². The number of fused-ring (bicyclic) bond motifs is 5. The van der Waals surface area contributed by atoms with Crippen LogP contribution in [-0.4, -0.2) is 16.0 Å². The SMILES string of the molecule is C[C@@]12CCC[C@H]1[C@@H]1CCC3=CC(O)=C(O)C(=O)[C@]3(C)[C@H]1CC2. The molecule has 3 nitrogen and oxygen atoms in total. The van der Waals surface area contributed by atoms with Crippen LogP contribution in [0.1, 0.15) is 58.8 Å². The number of allylic oxidation sites excluding steroid dienone is 3. The number of aliphatic hydroxyl groups is 2. The standard InChI is InChI=1S/C19H26O3/c1-18-8-3-4-13(18)12-6-5-11-10-15(20)16(21)17(22)19(11,2)14(12)7-9-18/h10,12-14,20-21H,3-9H2,1-2H3/t12-,13-,14-,18-,19-/m0/s1. The fraction of sp³-hybridized carbons (Fsp3) is 0.737. The van der Waals surface area contributed by atoms with Crippen molar-refractivity contribution in [2.24, 2.45) is 28.6 Å². The molecule has 0 aromatic heterocycles. The van der Waals surface area contributed by atoms with Crippen molar-refractivity contribution in [1.29, 1.82) is 0 Å². The molecule has 3 heteroatoms. The van der Waals surface area contributed by atoms with Gasteiger partial charge in [-0.15, -0.1) is 0 Å². The van der Waals surface area contributed by atoms with Crippen LogP contribution < -0.4 is 0 Å². The van der Waals surface area contributed by atoms with Gasteiger partial charge in [0.2, 0.25) is 11.5 Å². The first-order valence-corrected chi connectivity index (χ1v) is 8.76. The van der Waals surface area contributed by atoms with Gasteiger partial charge in [-0.25, -0.2) is 0 Å². The summed E-state index contributed by atoms with van der Waals surface area (Å²) in [6.07, 6.45) is 9.91. The normalized spacial score (nSPS) is 47.6. The van der Waals surface area contributed by atoms with E-state index in [0.29, 0.717) is 17.3 Å². The highest BCUT2D eigenvalue weighted by Gasteiger charge is 2.59. The fourth-order valence-corrected chi connectivity index (χ4v) is 6.35. The first-order chi connectivity index (χ1) is 10.4. The van der Waals surface area contributed by atoms with Gasteiger partial charge in [-0.05, 0) is 74.7 Å². The molecule has 4 aliphatic carbocycles. The maximum absolute atomic E-state index is 12.8. The van der Waals surface area contributed by atoms with E-state index in [4.69, 9.17) is 0 Å². The van der Waals surface area contributed by atoms with Gasteiger partial charge in [0.05, 0.1) is 5.41 Å². The van der Waals surface area contributed by atoms with Crippen molar-refractivity contribution in [1.82, 2.24) is 0 Å². The second-order valence-corrected chi connectivity index (χ2v) is 8.44. The lowest BCUT2D eigenvalue weighted by Crippen LogP contribution is -2.52. The number of Topliss-reactive ketones (excluding diaryl/α,β-unsaturated/α-hetero) is 1. The van der Waals surface area contributed by atoms with E-state index in [0.717, 1.165) is 30.8 Å². The van der Waals surface area contributed by atoms with Crippen LogP contribution in [0.15, 0.2) is 23.2 Å². The Labute approximate surface area is 132 Å². The molecule has 5 atom stereocenters.